The van der Waals surface area contributed by atoms with Gasteiger partial charge in [0.25, 0.3) is 5.91 Å². The van der Waals surface area contributed by atoms with Crippen LogP contribution in [-0.2, 0) is 16.6 Å². The zero-order valence-electron chi connectivity index (χ0n) is 17.7. The number of rotatable bonds is 7. The molecule has 1 atom stereocenters. The van der Waals surface area contributed by atoms with Crippen molar-refractivity contribution in [2.45, 2.75) is 26.4 Å². The van der Waals surface area contributed by atoms with Crippen LogP contribution >= 0.6 is 0 Å². The lowest BCUT2D eigenvalue weighted by Gasteiger charge is -2.23. The number of aryl methyl sites for hydroxylation is 1. The summed E-state index contributed by atoms with van der Waals surface area (Å²) in [6.45, 7) is 3.98. The minimum absolute atomic E-state index is 0.201. The highest BCUT2D eigenvalue weighted by Crippen LogP contribution is 2.22. The minimum atomic E-state index is -3.52. The van der Waals surface area contributed by atoms with E-state index in [1.165, 1.54) is 16.4 Å². The molecule has 0 unspecified atom stereocenters. The Morgan fingerprint density at radius 1 is 0.968 bits per heavy atom. The van der Waals surface area contributed by atoms with Crippen molar-refractivity contribution in [3.8, 4) is 0 Å². The summed E-state index contributed by atoms with van der Waals surface area (Å²) in [7, 11) is -3.52. The second-order valence-electron chi connectivity index (χ2n) is 7.55. The third kappa shape index (κ3) is 5.92. The average Bonchev–Trinajstić information content (AvgIpc) is 2.73. The number of amides is 1. The van der Waals surface area contributed by atoms with E-state index in [2.05, 4.69) is 5.32 Å². The summed E-state index contributed by atoms with van der Waals surface area (Å²) >= 11 is 0. The first-order valence-electron chi connectivity index (χ1n) is 9.83. The zero-order chi connectivity index (χ0) is 22.6. The molecular formula is C24H25FN2O3S. The first-order chi connectivity index (χ1) is 14.6. The molecule has 7 heteroatoms. The number of anilines is 1. The maximum absolute atomic E-state index is 13.1. The van der Waals surface area contributed by atoms with E-state index in [1.54, 1.807) is 36.4 Å². The number of nitrogens with one attached hydrogen (secondary N) is 1. The van der Waals surface area contributed by atoms with Crippen molar-refractivity contribution in [3.05, 3.63) is 101 Å². The Kier molecular flexibility index (Phi) is 6.75. The predicted molar refractivity (Wildman–Crippen MR) is 121 cm³/mol. The Labute approximate surface area is 182 Å². The molecule has 0 radical (unpaired) electrons. The summed E-state index contributed by atoms with van der Waals surface area (Å²) in [5, 5.41) is 2.86. The Hall–Kier alpha value is -3.19. The number of benzene rings is 3. The van der Waals surface area contributed by atoms with E-state index >= 15 is 0 Å². The van der Waals surface area contributed by atoms with E-state index in [4.69, 9.17) is 0 Å². The lowest BCUT2D eigenvalue weighted by molar-refractivity contribution is 0.0940. The highest BCUT2D eigenvalue weighted by Gasteiger charge is 2.19. The van der Waals surface area contributed by atoms with Crippen LogP contribution < -0.4 is 9.62 Å². The molecule has 1 N–H and O–H groups in total. The zero-order valence-corrected chi connectivity index (χ0v) is 18.5. The Balaban J connectivity index is 1.75. The van der Waals surface area contributed by atoms with Crippen molar-refractivity contribution in [2.75, 3.05) is 10.6 Å². The quantitative estimate of drug-likeness (QED) is 0.584. The van der Waals surface area contributed by atoms with Gasteiger partial charge in [-0.2, -0.15) is 0 Å². The molecule has 31 heavy (non-hydrogen) atoms. The second kappa shape index (κ2) is 9.31. The fourth-order valence-corrected chi connectivity index (χ4v) is 4.04. The summed E-state index contributed by atoms with van der Waals surface area (Å²) in [6.07, 6.45) is 1.16. The van der Waals surface area contributed by atoms with Crippen LogP contribution in [0.3, 0.4) is 0 Å². The molecule has 0 saturated heterocycles. The lowest BCUT2D eigenvalue weighted by atomic mass is 10.1. The van der Waals surface area contributed by atoms with Gasteiger partial charge in [-0.3, -0.25) is 9.10 Å². The monoisotopic (exact) mass is 440 g/mol. The molecular weight excluding hydrogens is 415 g/mol. The van der Waals surface area contributed by atoms with Crippen molar-refractivity contribution in [3.63, 3.8) is 0 Å². The van der Waals surface area contributed by atoms with E-state index in [9.17, 15) is 17.6 Å². The third-order valence-corrected chi connectivity index (χ3v) is 6.12. The molecule has 3 aromatic carbocycles. The molecule has 0 bridgehead atoms. The van der Waals surface area contributed by atoms with Crippen LogP contribution in [0.25, 0.3) is 0 Å². The van der Waals surface area contributed by atoms with Crippen LogP contribution in [0.2, 0.25) is 0 Å². The Morgan fingerprint density at radius 2 is 1.55 bits per heavy atom. The normalized spacial score (nSPS) is 12.3. The summed E-state index contributed by atoms with van der Waals surface area (Å²) in [6, 6.07) is 19.7. The van der Waals surface area contributed by atoms with Gasteiger partial charge < -0.3 is 5.32 Å². The van der Waals surface area contributed by atoms with Gasteiger partial charge in [0.15, 0.2) is 0 Å². The maximum atomic E-state index is 13.1. The van der Waals surface area contributed by atoms with Gasteiger partial charge >= 0.3 is 0 Å². The second-order valence-corrected chi connectivity index (χ2v) is 9.46. The Bertz CT molecular complexity index is 1140. The van der Waals surface area contributed by atoms with Crippen LogP contribution in [0, 0.1) is 12.7 Å². The molecule has 3 rings (SSSR count). The standard InChI is InChI=1S/C24H25FN2O3S/c1-17-4-6-19(7-5-17)16-27(31(3,29)30)23-14-10-21(11-15-23)24(28)26-18(2)20-8-12-22(25)13-9-20/h4-15,18H,16H2,1-3H3,(H,26,28)/t18-/m1/s1. The van der Waals surface area contributed by atoms with Crippen LogP contribution in [-0.4, -0.2) is 20.6 Å². The first-order valence-corrected chi connectivity index (χ1v) is 11.7. The van der Waals surface area contributed by atoms with Crippen LogP contribution in [0.5, 0.6) is 0 Å². The first kappa shape index (κ1) is 22.5. The summed E-state index contributed by atoms with van der Waals surface area (Å²) in [5.41, 5.74) is 3.63. The van der Waals surface area contributed by atoms with E-state index in [0.717, 1.165) is 22.9 Å². The highest BCUT2D eigenvalue weighted by atomic mass is 32.2. The highest BCUT2D eigenvalue weighted by molar-refractivity contribution is 7.92. The van der Waals surface area contributed by atoms with Gasteiger partial charge in [-0.05, 0) is 61.4 Å². The average molecular weight is 441 g/mol. The SMILES string of the molecule is Cc1ccc(CN(c2ccc(C(=O)N[C@H](C)c3ccc(F)cc3)cc2)S(C)(=O)=O)cc1. The third-order valence-electron chi connectivity index (χ3n) is 4.98. The number of carbonyl (C=O) groups excluding carboxylic acids is 1. The number of hydrogen-bond donors (Lipinski definition) is 1. The summed E-state index contributed by atoms with van der Waals surface area (Å²) in [4.78, 5) is 12.6. The number of carbonyl (C=O) groups is 1. The summed E-state index contributed by atoms with van der Waals surface area (Å²) < 4.78 is 39.1. The van der Waals surface area contributed by atoms with Gasteiger partial charge in [0.1, 0.15) is 5.82 Å². The van der Waals surface area contributed by atoms with Crippen molar-refractivity contribution in [2.24, 2.45) is 0 Å². The molecule has 0 aliphatic carbocycles. The molecule has 0 heterocycles. The molecule has 0 aliphatic heterocycles. The van der Waals surface area contributed by atoms with Crippen molar-refractivity contribution in [1.29, 1.82) is 0 Å². The van der Waals surface area contributed by atoms with E-state index < -0.39 is 10.0 Å². The molecule has 1 amide bonds. The van der Waals surface area contributed by atoms with Crippen molar-refractivity contribution < 1.29 is 17.6 Å². The molecule has 0 aliphatic rings. The van der Waals surface area contributed by atoms with Gasteiger partial charge in [0, 0.05) is 5.56 Å². The number of hydrogen-bond acceptors (Lipinski definition) is 3. The maximum Gasteiger partial charge on any atom is 0.251 e. The van der Waals surface area contributed by atoms with Crippen molar-refractivity contribution >= 4 is 21.6 Å². The van der Waals surface area contributed by atoms with E-state index in [1.807, 2.05) is 38.1 Å². The van der Waals surface area contributed by atoms with Crippen molar-refractivity contribution in [1.82, 2.24) is 5.32 Å². The van der Waals surface area contributed by atoms with Crippen LogP contribution in [0.15, 0.2) is 72.8 Å². The topological polar surface area (TPSA) is 66.5 Å². The summed E-state index contributed by atoms with van der Waals surface area (Å²) in [5.74, 6) is -0.633. The minimum Gasteiger partial charge on any atom is -0.346 e. The molecule has 162 valence electrons. The van der Waals surface area contributed by atoms with Crippen LogP contribution in [0.4, 0.5) is 10.1 Å². The fourth-order valence-electron chi connectivity index (χ4n) is 3.15. The molecule has 0 saturated carbocycles. The smallest absolute Gasteiger partial charge is 0.251 e. The number of nitrogens with zero attached hydrogens (tertiary/aromatic N) is 1. The van der Waals surface area contributed by atoms with E-state index in [0.29, 0.717) is 11.3 Å². The largest absolute Gasteiger partial charge is 0.346 e. The lowest BCUT2D eigenvalue weighted by Crippen LogP contribution is -2.29. The predicted octanol–water partition coefficient (Wildman–Crippen LogP) is 4.59. The molecule has 0 aromatic heterocycles. The Morgan fingerprint density at radius 3 is 2.10 bits per heavy atom. The molecule has 5 nitrogen and oxygen atoms in total. The van der Waals surface area contributed by atoms with Gasteiger partial charge in [0.05, 0.1) is 24.5 Å². The van der Waals surface area contributed by atoms with Gasteiger partial charge in [-0.25, -0.2) is 12.8 Å². The molecule has 3 aromatic rings. The number of sulfonamides is 1. The van der Waals surface area contributed by atoms with Gasteiger partial charge in [-0.15, -0.1) is 0 Å². The van der Waals surface area contributed by atoms with E-state index in [-0.39, 0.29) is 24.3 Å². The molecule has 0 fully saturated rings. The molecule has 0 spiro atoms. The van der Waals surface area contributed by atoms with Crippen LogP contribution in [0.1, 0.15) is 40.0 Å². The van der Waals surface area contributed by atoms with Gasteiger partial charge in [0.2, 0.25) is 10.0 Å². The number of halogens is 1. The van der Waals surface area contributed by atoms with Gasteiger partial charge in [-0.1, -0.05) is 42.0 Å². The fraction of sp³-hybridized carbons (Fsp3) is 0.208.